The summed E-state index contributed by atoms with van der Waals surface area (Å²) in [6.07, 6.45) is 104. The molecule has 9 nitrogen and oxygen atoms in total. The van der Waals surface area contributed by atoms with Crippen LogP contribution in [0.3, 0.4) is 0 Å². The maximum atomic E-state index is 12.8. The Morgan fingerprint density at radius 1 is 0.316 bits per heavy atom. The number of phosphoric acid groups is 1. The molecular weight excluding hydrogens is 1190 g/mol. The molecule has 0 bridgehead atoms. The molecule has 0 heterocycles. The van der Waals surface area contributed by atoms with Crippen LogP contribution in [0.1, 0.15) is 476 Å². The Labute approximate surface area is 592 Å². The number of carbonyl (C=O) groups excluding carboxylic acids is 2. The average Bonchev–Trinajstić information content (AvgIpc) is 3.32. The molecule has 0 aromatic heterocycles. The predicted octanol–water partition coefficient (Wildman–Crippen LogP) is 28.8. The van der Waals surface area contributed by atoms with Crippen LogP contribution >= 0.6 is 7.82 Å². The number of allylic oxidation sites excluding steroid dienone is 4. The first kappa shape index (κ1) is 93.5. The Morgan fingerprint density at radius 2 is 0.547 bits per heavy atom. The Bertz CT molecular complexity index is 1610. The normalized spacial score (nSPS) is 12.8. The number of phosphoric ester groups is 1. The van der Waals surface area contributed by atoms with Crippen LogP contribution < -0.4 is 5.73 Å². The molecule has 3 N–H and O–H groups in total. The third kappa shape index (κ3) is 81.3. The summed E-state index contributed by atoms with van der Waals surface area (Å²) in [5.74, 6) is -0.797. The Balaban J connectivity index is 3.70. The lowest BCUT2D eigenvalue weighted by atomic mass is 10.0. The number of unbranched alkanes of at least 4 members (excludes halogenated alkanes) is 66. The summed E-state index contributed by atoms with van der Waals surface area (Å²) < 4.78 is 33.3. The summed E-state index contributed by atoms with van der Waals surface area (Å²) in [7, 11) is -4.39. The largest absolute Gasteiger partial charge is 0.472 e. The van der Waals surface area contributed by atoms with Crippen molar-refractivity contribution < 1.29 is 37.6 Å². The van der Waals surface area contributed by atoms with E-state index in [1.54, 1.807) is 0 Å². The summed E-state index contributed by atoms with van der Waals surface area (Å²) in [5.41, 5.74) is 5.42. The Morgan fingerprint density at radius 3 is 0.800 bits per heavy atom. The molecule has 0 fully saturated rings. The Kier molecular flexibility index (Phi) is 80.2. The number of carbonyl (C=O) groups is 2. The monoisotopic (exact) mass is 1360 g/mol. The van der Waals surface area contributed by atoms with E-state index in [1.807, 2.05) is 0 Å². The van der Waals surface area contributed by atoms with Crippen molar-refractivity contribution in [1.82, 2.24) is 0 Å². The van der Waals surface area contributed by atoms with Gasteiger partial charge in [0.2, 0.25) is 0 Å². The van der Waals surface area contributed by atoms with Crippen LogP contribution in [0.25, 0.3) is 0 Å². The van der Waals surface area contributed by atoms with E-state index in [2.05, 4.69) is 38.2 Å². The second-order valence-corrected chi connectivity index (χ2v) is 30.9. The van der Waals surface area contributed by atoms with Gasteiger partial charge in [-0.05, 0) is 44.9 Å². The fourth-order valence-corrected chi connectivity index (χ4v) is 14.3. The molecule has 0 spiro atoms. The standard InChI is InChI=1S/C85H166NO8P/c1-3-5-7-9-11-13-15-17-19-21-23-25-27-29-31-33-35-37-39-40-41-42-44-45-47-49-51-53-55-57-59-61-63-65-67-69-71-73-75-77-84(87)91-81-83(82-93-95(89,90)92-80-79-86)94-85(88)78-76-74-72-70-68-66-64-62-60-58-56-54-52-50-48-46-43-38-36-34-32-30-28-26-24-22-20-18-16-14-12-10-8-6-4-2/h16,18,22,24,83H,3-15,17,19-21,23,25-82,86H2,1-2H3,(H,89,90)/b18-16-,24-22-. The highest BCUT2D eigenvalue weighted by atomic mass is 31.2. The highest BCUT2D eigenvalue weighted by Gasteiger charge is 2.26. The van der Waals surface area contributed by atoms with Crippen molar-refractivity contribution in [3.63, 3.8) is 0 Å². The molecule has 564 valence electrons. The maximum Gasteiger partial charge on any atom is 0.472 e. The zero-order chi connectivity index (χ0) is 68.6. The number of ether oxygens (including phenoxy) is 2. The number of nitrogens with two attached hydrogens (primary N) is 1. The molecule has 10 heteroatoms. The van der Waals surface area contributed by atoms with Crippen LogP contribution in [0, 0.1) is 0 Å². The topological polar surface area (TPSA) is 134 Å². The number of esters is 2. The molecule has 0 saturated heterocycles. The van der Waals surface area contributed by atoms with Crippen LogP contribution in [-0.2, 0) is 32.7 Å². The van der Waals surface area contributed by atoms with Gasteiger partial charge < -0.3 is 20.1 Å². The van der Waals surface area contributed by atoms with Gasteiger partial charge >= 0.3 is 19.8 Å². The molecular formula is C85H166NO8P. The first-order chi connectivity index (χ1) is 46.8. The molecule has 0 aromatic carbocycles. The molecule has 0 saturated carbocycles. The molecule has 0 aliphatic rings. The van der Waals surface area contributed by atoms with Gasteiger partial charge in [-0.3, -0.25) is 18.6 Å². The minimum atomic E-state index is -4.39. The molecule has 95 heavy (non-hydrogen) atoms. The van der Waals surface area contributed by atoms with E-state index in [9.17, 15) is 19.0 Å². The summed E-state index contributed by atoms with van der Waals surface area (Å²) in [5, 5.41) is 0. The van der Waals surface area contributed by atoms with Gasteiger partial charge in [-0.25, -0.2) is 4.57 Å². The van der Waals surface area contributed by atoms with Crippen LogP contribution in [0.5, 0.6) is 0 Å². The van der Waals surface area contributed by atoms with Gasteiger partial charge in [-0.2, -0.15) is 0 Å². The van der Waals surface area contributed by atoms with Crippen LogP contribution in [0.4, 0.5) is 0 Å². The van der Waals surface area contributed by atoms with E-state index in [0.717, 1.165) is 38.5 Å². The van der Waals surface area contributed by atoms with Crippen molar-refractivity contribution >= 4 is 19.8 Å². The molecule has 0 amide bonds. The lowest BCUT2D eigenvalue weighted by molar-refractivity contribution is -0.161. The van der Waals surface area contributed by atoms with Crippen molar-refractivity contribution in [3.05, 3.63) is 24.3 Å². The van der Waals surface area contributed by atoms with Crippen LogP contribution in [0.15, 0.2) is 24.3 Å². The van der Waals surface area contributed by atoms with Gasteiger partial charge in [-0.1, -0.05) is 443 Å². The van der Waals surface area contributed by atoms with Crippen molar-refractivity contribution in [3.8, 4) is 0 Å². The van der Waals surface area contributed by atoms with Crippen molar-refractivity contribution in [2.45, 2.75) is 482 Å². The minimum Gasteiger partial charge on any atom is -0.462 e. The zero-order valence-electron chi connectivity index (χ0n) is 64.0. The maximum absolute atomic E-state index is 12.8. The van der Waals surface area contributed by atoms with E-state index in [-0.39, 0.29) is 38.6 Å². The first-order valence-corrected chi connectivity index (χ1v) is 44.3. The second kappa shape index (κ2) is 81.5. The average molecular weight is 1360 g/mol. The van der Waals surface area contributed by atoms with Crippen molar-refractivity contribution in [2.75, 3.05) is 26.4 Å². The molecule has 0 aliphatic carbocycles. The van der Waals surface area contributed by atoms with Gasteiger partial charge in [-0.15, -0.1) is 0 Å². The zero-order valence-corrected chi connectivity index (χ0v) is 64.9. The molecule has 0 aliphatic heterocycles. The molecule has 0 rings (SSSR count). The van der Waals surface area contributed by atoms with Gasteiger partial charge in [0.15, 0.2) is 6.10 Å². The summed E-state index contributed by atoms with van der Waals surface area (Å²) in [4.78, 5) is 35.5. The van der Waals surface area contributed by atoms with E-state index >= 15 is 0 Å². The number of hydrogen-bond donors (Lipinski definition) is 2. The van der Waals surface area contributed by atoms with Gasteiger partial charge in [0.25, 0.3) is 0 Å². The van der Waals surface area contributed by atoms with Crippen molar-refractivity contribution in [1.29, 1.82) is 0 Å². The minimum absolute atomic E-state index is 0.0576. The SMILES string of the molecule is CCCCCCC/C=C\C/C=C\CCCCCCCCCCCCCCCCCCCCCCCCCC(=O)OC(COC(=O)CCCCCCCCCCCCCCCCCCCCCCCCCCCCCCCCCCCCCCCCC)COP(=O)(O)OCCN. The van der Waals surface area contributed by atoms with Gasteiger partial charge in [0.05, 0.1) is 13.2 Å². The predicted molar refractivity (Wildman–Crippen MR) is 414 cm³/mol. The Hall–Kier alpha value is -1.51. The van der Waals surface area contributed by atoms with Gasteiger partial charge in [0.1, 0.15) is 6.61 Å². The highest BCUT2D eigenvalue weighted by Crippen LogP contribution is 2.43. The summed E-state index contributed by atoms with van der Waals surface area (Å²) in [6.45, 7) is 3.84. The summed E-state index contributed by atoms with van der Waals surface area (Å²) in [6, 6.07) is 0. The lowest BCUT2D eigenvalue weighted by Crippen LogP contribution is -2.29. The molecule has 2 unspecified atom stereocenters. The fraction of sp³-hybridized carbons (Fsp3) is 0.929. The molecule has 0 aromatic rings. The fourth-order valence-electron chi connectivity index (χ4n) is 13.5. The molecule has 0 radical (unpaired) electrons. The summed E-state index contributed by atoms with van der Waals surface area (Å²) >= 11 is 0. The molecule has 2 atom stereocenters. The van der Waals surface area contributed by atoms with E-state index in [0.29, 0.717) is 6.42 Å². The third-order valence-electron chi connectivity index (χ3n) is 19.8. The van der Waals surface area contributed by atoms with Crippen LogP contribution in [-0.4, -0.2) is 49.3 Å². The van der Waals surface area contributed by atoms with Crippen LogP contribution in [0.2, 0.25) is 0 Å². The van der Waals surface area contributed by atoms with Crippen molar-refractivity contribution in [2.24, 2.45) is 5.73 Å². The first-order valence-electron chi connectivity index (χ1n) is 42.8. The van der Waals surface area contributed by atoms with E-state index in [4.69, 9.17) is 24.3 Å². The smallest absolute Gasteiger partial charge is 0.462 e. The second-order valence-electron chi connectivity index (χ2n) is 29.4. The van der Waals surface area contributed by atoms with E-state index in [1.165, 1.54) is 405 Å². The van der Waals surface area contributed by atoms with E-state index < -0.39 is 26.5 Å². The lowest BCUT2D eigenvalue weighted by Gasteiger charge is -2.19. The quantitative estimate of drug-likeness (QED) is 0.0264. The number of rotatable bonds is 83. The third-order valence-corrected chi connectivity index (χ3v) is 20.8. The van der Waals surface area contributed by atoms with Gasteiger partial charge in [0, 0.05) is 19.4 Å². The highest BCUT2D eigenvalue weighted by molar-refractivity contribution is 7.47. The number of hydrogen-bond acceptors (Lipinski definition) is 8.